The smallest absolute Gasteiger partial charge is 0.119 e. The number of benzene rings is 2. The first-order valence-corrected chi connectivity index (χ1v) is 11.7. The number of rotatable bonds is 16. The van der Waals surface area contributed by atoms with Crippen molar-refractivity contribution in [3.05, 3.63) is 59.7 Å². The van der Waals surface area contributed by atoms with E-state index < -0.39 is 0 Å². The molecule has 29 heavy (non-hydrogen) atoms. The van der Waals surface area contributed by atoms with Gasteiger partial charge >= 0.3 is 0 Å². The summed E-state index contributed by atoms with van der Waals surface area (Å²) in [7, 11) is 0. The predicted octanol–water partition coefficient (Wildman–Crippen LogP) is 7.78. The molecule has 0 aliphatic carbocycles. The van der Waals surface area contributed by atoms with E-state index >= 15 is 0 Å². The molecule has 0 spiro atoms. The fraction of sp³-hybridized carbons (Fsp3) is 0.556. The summed E-state index contributed by atoms with van der Waals surface area (Å²) in [6, 6.07) is 17.2. The van der Waals surface area contributed by atoms with Gasteiger partial charge in [-0.3, -0.25) is 0 Å². The van der Waals surface area contributed by atoms with Gasteiger partial charge in [-0.25, -0.2) is 0 Å². The maximum Gasteiger partial charge on any atom is 0.119 e. The normalized spacial score (nSPS) is 10.8. The molecule has 0 aromatic heterocycles. The number of hydrogen-bond acceptors (Lipinski definition) is 2. The van der Waals surface area contributed by atoms with Crippen LogP contribution in [0, 0.1) is 0 Å². The van der Waals surface area contributed by atoms with E-state index in [9.17, 15) is 0 Å². The quantitative estimate of drug-likeness (QED) is 0.270. The molecule has 0 aliphatic heterocycles. The zero-order chi connectivity index (χ0) is 20.6. The first-order chi connectivity index (χ1) is 14.3. The third kappa shape index (κ3) is 10.4. The maximum atomic E-state index is 5.86. The molecule has 2 nitrogen and oxygen atoms in total. The van der Waals surface area contributed by atoms with E-state index in [1.54, 1.807) is 0 Å². The molecule has 0 N–H and O–H groups in total. The Morgan fingerprint density at radius 1 is 0.483 bits per heavy atom. The van der Waals surface area contributed by atoms with Crippen molar-refractivity contribution in [2.24, 2.45) is 0 Å². The molecular weight excluding hydrogens is 356 g/mol. The molecule has 0 aliphatic rings. The average molecular weight is 397 g/mol. The van der Waals surface area contributed by atoms with Gasteiger partial charge in [-0.05, 0) is 80.3 Å². The van der Waals surface area contributed by atoms with E-state index in [-0.39, 0.29) is 0 Å². The highest BCUT2D eigenvalue weighted by Gasteiger charge is 1.99. The minimum atomic E-state index is 0.779. The Balaban J connectivity index is 1.50. The summed E-state index contributed by atoms with van der Waals surface area (Å²) >= 11 is 0. The molecule has 160 valence electrons. The van der Waals surface area contributed by atoms with Crippen LogP contribution in [0.25, 0.3) is 0 Å². The van der Waals surface area contributed by atoms with Crippen molar-refractivity contribution in [1.82, 2.24) is 0 Å². The Morgan fingerprint density at radius 2 is 0.897 bits per heavy atom. The standard InChI is InChI=1S/C27H40O2/c1-3-5-8-12-24-14-18-26(19-15-24)28-22-10-7-11-23-29-27-20-16-25(17-21-27)13-9-6-4-2/h14-21H,3-13,22-23H2,1-2H3. The van der Waals surface area contributed by atoms with Crippen molar-refractivity contribution in [3.63, 3.8) is 0 Å². The molecular formula is C27H40O2. The summed E-state index contributed by atoms with van der Waals surface area (Å²) in [4.78, 5) is 0. The molecule has 0 fully saturated rings. The SMILES string of the molecule is CCCCCc1ccc(OCCCCCOc2ccc(CCCCC)cc2)cc1. The van der Waals surface area contributed by atoms with Crippen molar-refractivity contribution in [3.8, 4) is 11.5 Å². The van der Waals surface area contributed by atoms with Crippen LogP contribution >= 0.6 is 0 Å². The highest BCUT2D eigenvalue weighted by atomic mass is 16.5. The summed E-state index contributed by atoms with van der Waals surface area (Å²) in [6.45, 7) is 6.05. The Labute approximate surface area is 178 Å². The Kier molecular flexibility index (Phi) is 12.0. The van der Waals surface area contributed by atoms with Gasteiger partial charge in [0, 0.05) is 0 Å². The molecule has 0 amide bonds. The molecule has 0 saturated carbocycles. The summed E-state index contributed by atoms with van der Waals surface area (Å²) in [5.74, 6) is 1.97. The van der Waals surface area contributed by atoms with E-state index in [4.69, 9.17) is 9.47 Å². The topological polar surface area (TPSA) is 18.5 Å². The van der Waals surface area contributed by atoms with Crippen LogP contribution in [0.15, 0.2) is 48.5 Å². The van der Waals surface area contributed by atoms with Gasteiger partial charge in [0.25, 0.3) is 0 Å². The molecule has 2 rings (SSSR count). The van der Waals surface area contributed by atoms with E-state index in [2.05, 4.69) is 62.4 Å². The maximum absolute atomic E-state index is 5.86. The average Bonchev–Trinajstić information content (AvgIpc) is 2.75. The lowest BCUT2D eigenvalue weighted by atomic mass is 10.1. The number of unbranched alkanes of at least 4 members (excludes halogenated alkanes) is 6. The zero-order valence-corrected chi connectivity index (χ0v) is 18.6. The van der Waals surface area contributed by atoms with Crippen LogP contribution in [0.2, 0.25) is 0 Å². The predicted molar refractivity (Wildman–Crippen MR) is 124 cm³/mol. The molecule has 0 bridgehead atoms. The third-order valence-electron chi connectivity index (χ3n) is 5.31. The Morgan fingerprint density at radius 3 is 1.28 bits per heavy atom. The third-order valence-corrected chi connectivity index (χ3v) is 5.31. The van der Waals surface area contributed by atoms with E-state index in [0.717, 1.165) is 44.0 Å². The molecule has 0 saturated heterocycles. The summed E-state index contributed by atoms with van der Waals surface area (Å²) < 4.78 is 11.7. The van der Waals surface area contributed by atoms with Crippen LogP contribution in [0.4, 0.5) is 0 Å². The lowest BCUT2D eigenvalue weighted by Crippen LogP contribution is -2.01. The monoisotopic (exact) mass is 396 g/mol. The van der Waals surface area contributed by atoms with Gasteiger partial charge in [0.05, 0.1) is 13.2 Å². The van der Waals surface area contributed by atoms with E-state index in [0.29, 0.717) is 0 Å². The minimum Gasteiger partial charge on any atom is -0.494 e. The number of ether oxygens (including phenoxy) is 2. The second-order valence-electron chi connectivity index (χ2n) is 7.96. The molecule has 0 radical (unpaired) electrons. The lowest BCUT2D eigenvalue weighted by Gasteiger charge is -2.09. The van der Waals surface area contributed by atoms with Crippen LogP contribution in [-0.4, -0.2) is 13.2 Å². The Hall–Kier alpha value is -1.96. The Bertz CT molecular complexity index is 573. The van der Waals surface area contributed by atoms with Crippen molar-refractivity contribution >= 4 is 0 Å². The highest BCUT2D eigenvalue weighted by molar-refractivity contribution is 5.28. The fourth-order valence-electron chi connectivity index (χ4n) is 3.42. The first kappa shape index (κ1) is 23.3. The van der Waals surface area contributed by atoms with Gasteiger partial charge in [-0.15, -0.1) is 0 Å². The van der Waals surface area contributed by atoms with Crippen LogP contribution in [0.5, 0.6) is 11.5 Å². The van der Waals surface area contributed by atoms with Crippen molar-refractivity contribution in [1.29, 1.82) is 0 Å². The molecule has 2 aromatic rings. The second kappa shape index (κ2) is 15.0. The van der Waals surface area contributed by atoms with Crippen molar-refractivity contribution < 1.29 is 9.47 Å². The molecule has 0 unspecified atom stereocenters. The van der Waals surface area contributed by atoms with E-state index in [1.807, 2.05) is 0 Å². The lowest BCUT2D eigenvalue weighted by molar-refractivity contribution is 0.279. The summed E-state index contributed by atoms with van der Waals surface area (Å²) in [5, 5.41) is 0. The first-order valence-electron chi connectivity index (χ1n) is 11.7. The highest BCUT2D eigenvalue weighted by Crippen LogP contribution is 2.16. The zero-order valence-electron chi connectivity index (χ0n) is 18.6. The molecule has 2 aromatic carbocycles. The second-order valence-corrected chi connectivity index (χ2v) is 7.96. The fourth-order valence-corrected chi connectivity index (χ4v) is 3.42. The van der Waals surface area contributed by atoms with Crippen LogP contribution in [0.1, 0.15) is 82.8 Å². The number of aryl methyl sites for hydroxylation is 2. The summed E-state index contributed by atoms with van der Waals surface area (Å²) in [5.41, 5.74) is 2.83. The van der Waals surface area contributed by atoms with Gasteiger partial charge < -0.3 is 9.47 Å². The van der Waals surface area contributed by atoms with Crippen LogP contribution in [-0.2, 0) is 12.8 Å². The minimum absolute atomic E-state index is 0.779. The summed E-state index contributed by atoms with van der Waals surface area (Å²) in [6.07, 6.45) is 13.4. The molecule has 2 heteroatoms. The van der Waals surface area contributed by atoms with Crippen molar-refractivity contribution in [2.75, 3.05) is 13.2 Å². The molecule has 0 heterocycles. The van der Waals surface area contributed by atoms with Gasteiger partial charge in [-0.1, -0.05) is 63.8 Å². The van der Waals surface area contributed by atoms with Gasteiger partial charge in [0.1, 0.15) is 11.5 Å². The number of hydrogen-bond donors (Lipinski definition) is 0. The largest absolute Gasteiger partial charge is 0.494 e. The van der Waals surface area contributed by atoms with Gasteiger partial charge in [0.2, 0.25) is 0 Å². The molecule has 0 atom stereocenters. The van der Waals surface area contributed by atoms with Crippen molar-refractivity contribution in [2.45, 2.75) is 84.5 Å². The van der Waals surface area contributed by atoms with E-state index in [1.165, 1.54) is 62.5 Å². The van der Waals surface area contributed by atoms with Crippen LogP contribution in [0.3, 0.4) is 0 Å². The van der Waals surface area contributed by atoms with Crippen LogP contribution < -0.4 is 9.47 Å². The van der Waals surface area contributed by atoms with Gasteiger partial charge in [-0.2, -0.15) is 0 Å². The van der Waals surface area contributed by atoms with Gasteiger partial charge in [0.15, 0.2) is 0 Å².